The first-order valence-electron chi connectivity index (χ1n) is 7.70. The monoisotopic (exact) mass is 477 g/mol. The molecule has 1 amide bonds. The first-order valence-corrected chi connectivity index (χ1v) is 10.0. The van der Waals surface area contributed by atoms with Gasteiger partial charge in [0.15, 0.2) is 11.5 Å². The average molecular weight is 477 g/mol. The maximum absolute atomic E-state index is 12.3. The third-order valence-electron chi connectivity index (χ3n) is 3.63. The minimum Gasteiger partial charge on any atom is -0.493 e. The standard InChI is InChI=1S/C17H20INO3S2/c1-5-10(3)22-15-12(18)7-11(8-13(15)21-4)9-14-16(20)19(6-2)17(23)24-14/h7-10H,5-6H2,1-4H3/b14-9-. The minimum absolute atomic E-state index is 0.0404. The van der Waals surface area contributed by atoms with Crippen LogP contribution in [0.4, 0.5) is 0 Å². The lowest BCUT2D eigenvalue weighted by Crippen LogP contribution is -2.27. The van der Waals surface area contributed by atoms with Gasteiger partial charge in [0.1, 0.15) is 4.32 Å². The summed E-state index contributed by atoms with van der Waals surface area (Å²) < 4.78 is 13.0. The van der Waals surface area contributed by atoms with Gasteiger partial charge in [0.2, 0.25) is 0 Å². The van der Waals surface area contributed by atoms with Gasteiger partial charge in [0, 0.05) is 6.54 Å². The summed E-state index contributed by atoms with van der Waals surface area (Å²) in [6.07, 6.45) is 2.88. The summed E-state index contributed by atoms with van der Waals surface area (Å²) in [5, 5.41) is 0. The Bertz CT molecular complexity index is 691. The van der Waals surface area contributed by atoms with Crippen molar-refractivity contribution in [1.82, 2.24) is 4.90 Å². The molecule has 4 nitrogen and oxygen atoms in total. The van der Waals surface area contributed by atoms with Crippen LogP contribution in [0.3, 0.4) is 0 Å². The molecule has 1 saturated heterocycles. The van der Waals surface area contributed by atoms with E-state index in [1.807, 2.05) is 32.1 Å². The molecule has 1 aromatic rings. The number of amides is 1. The number of nitrogens with zero attached hydrogens (tertiary/aromatic N) is 1. The van der Waals surface area contributed by atoms with Gasteiger partial charge >= 0.3 is 0 Å². The molecule has 1 fully saturated rings. The number of likely N-dealkylation sites (N-methyl/N-ethyl adjacent to an activating group) is 1. The molecule has 1 atom stereocenters. The smallest absolute Gasteiger partial charge is 0.266 e. The number of ether oxygens (including phenoxy) is 2. The fraction of sp³-hybridized carbons (Fsp3) is 0.412. The number of benzene rings is 1. The van der Waals surface area contributed by atoms with E-state index in [1.165, 1.54) is 11.8 Å². The van der Waals surface area contributed by atoms with E-state index in [-0.39, 0.29) is 12.0 Å². The van der Waals surface area contributed by atoms with Crippen molar-refractivity contribution in [2.24, 2.45) is 0 Å². The van der Waals surface area contributed by atoms with E-state index in [2.05, 4.69) is 29.5 Å². The number of carbonyl (C=O) groups excluding carboxylic acids is 1. The van der Waals surface area contributed by atoms with Crippen LogP contribution in [0.2, 0.25) is 0 Å². The Morgan fingerprint density at radius 2 is 2.12 bits per heavy atom. The van der Waals surface area contributed by atoms with Crippen LogP contribution in [-0.4, -0.2) is 34.9 Å². The van der Waals surface area contributed by atoms with Gasteiger partial charge in [-0.25, -0.2) is 0 Å². The largest absolute Gasteiger partial charge is 0.493 e. The lowest BCUT2D eigenvalue weighted by molar-refractivity contribution is -0.121. The Hall–Kier alpha value is -0.800. The Balaban J connectivity index is 2.36. The predicted octanol–water partition coefficient (Wildman–Crippen LogP) is 4.70. The number of halogens is 1. The minimum atomic E-state index is -0.0404. The molecule has 1 aliphatic rings. The van der Waals surface area contributed by atoms with Crippen LogP contribution >= 0.6 is 46.6 Å². The van der Waals surface area contributed by atoms with Gasteiger partial charge in [-0.1, -0.05) is 30.9 Å². The summed E-state index contributed by atoms with van der Waals surface area (Å²) in [5.74, 6) is 1.37. The Labute approximate surface area is 166 Å². The third kappa shape index (κ3) is 4.23. The summed E-state index contributed by atoms with van der Waals surface area (Å²) in [5.41, 5.74) is 0.893. The number of hydrogen-bond donors (Lipinski definition) is 0. The van der Waals surface area contributed by atoms with Gasteiger partial charge < -0.3 is 9.47 Å². The fourth-order valence-electron chi connectivity index (χ4n) is 2.15. The Kier molecular flexibility index (Phi) is 6.94. The molecule has 1 unspecified atom stereocenters. The molecule has 2 rings (SSSR count). The summed E-state index contributed by atoms with van der Waals surface area (Å²) >= 11 is 8.81. The van der Waals surface area contributed by atoms with Crippen molar-refractivity contribution in [3.8, 4) is 11.5 Å². The molecule has 1 aliphatic heterocycles. The van der Waals surface area contributed by atoms with Gasteiger partial charge in [-0.2, -0.15) is 0 Å². The molecule has 0 N–H and O–H groups in total. The molecule has 0 spiro atoms. The highest BCUT2D eigenvalue weighted by Gasteiger charge is 2.30. The van der Waals surface area contributed by atoms with E-state index in [9.17, 15) is 4.79 Å². The van der Waals surface area contributed by atoms with E-state index in [4.69, 9.17) is 21.7 Å². The predicted molar refractivity (Wildman–Crippen MR) is 112 cm³/mol. The third-order valence-corrected chi connectivity index (χ3v) is 5.81. The van der Waals surface area contributed by atoms with E-state index in [0.29, 0.717) is 21.5 Å². The number of hydrogen-bond acceptors (Lipinski definition) is 5. The topological polar surface area (TPSA) is 38.8 Å². The molecule has 0 aliphatic carbocycles. The highest BCUT2D eigenvalue weighted by atomic mass is 127. The molecule has 0 aromatic heterocycles. The molecular formula is C17H20INO3S2. The average Bonchev–Trinajstić information content (AvgIpc) is 2.82. The lowest BCUT2D eigenvalue weighted by atomic mass is 10.1. The van der Waals surface area contributed by atoms with Crippen molar-refractivity contribution in [1.29, 1.82) is 0 Å². The molecule has 0 bridgehead atoms. The molecule has 0 saturated carbocycles. The molecular weight excluding hydrogens is 457 g/mol. The lowest BCUT2D eigenvalue weighted by Gasteiger charge is -2.17. The van der Waals surface area contributed by atoms with Crippen molar-refractivity contribution >= 4 is 62.9 Å². The van der Waals surface area contributed by atoms with Crippen LogP contribution in [0, 0.1) is 3.57 Å². The number of thiocarbonyl (C=S) groups is 1. The molecule has 0 radical (unpaired) electrons. The van der Waals surface area contributed by atoms with Crippen molar-refractivity contribution in [3.63, 3.8) is 0 Å². The van der Waals surface area contributed by atoms with Crippen molar-refractivity contribution in [3.05, 3.63) is 26.2 Å². The zero-order chi connectivity index (χ0) is 17.9. The summed E-state index contributed by atoms with van der Waals surface area (Å²) in [4.78, 5) is 14.6. The second-order valence-electron chi connectivity index (χ2n) is 5.30. The summed E-state index contributed by atoms with van der Waals surface area (Å²) in [6, 6.07) is 3.87. The zero-order valence-electron chi connectivity index (χ0n) is 14.1. The summed E-state index contributed by atoms with van der Waals surface area (Å²) in [6.45, 7) is 6.61. The highest BCUT2D eigenvalue weighted by Crippen LogP contribution is 2.37. The second-order valence-corrected chi connectivity index (χ2v) is 8.13. The van der Waals surface area contributed by atoms with Crippen LogP contribution in [0.1, 0.15) is 32.8 Å². The fourth-order valence-corrected chi connectivity index (χ4v) is 4.28. The quantitative estimate of drug-likeness (QED) is 0.338. The van der Waals surface area contributed by atoms with Crippen LogP contribution < -0.4 is 9.47 Å². The maximum atomic E-state index is 12.3. The van der Waals surface area contributed by atoms with Gasteiger partial charge in [-0.3, -0.25) is 9.69 Å². The van der Waals surface area contributed by atoms with E-state index in [1.54, 1.807) is 12.0 Å². The normalized spacial score (nSPS) is 17.5. The number of rotatable bonds is 6. The summed E-state index contributed by atoms with van der Waals surface area (Å²) in [7, 11) is 1.62. The Morgan fingerprint density at radius 3 is 2.67 bits per heavy atom. The van der Waals surface area contributed by atoms with Crippen LogP contribution in [0.15, 0.2) is 17.0 Å². The highest BCUT2D eigenvalue weighted by molar-refractivity contribution is 14.1. The van der Waals surface area contributed by atoms with Crippen LogP contribution in [-0.2, 0) is 4.79 Å². The molecule has 1 heterocycles. The SMILES string of the molecule is CCC(C)Oc1c(I)cc(/C=C2\SC(=S)N(CC)C2=O)cc1OC. The first kappa shape index (κ1) is 19.5. The van der Waals surface area contributed by atoms with Gasteiger partial charge in [0.05, 0.1) is 21.7 Å². The number of methoxy groups -OCH3 is 1. The first-order chi connectivity index (χ1) is 11.4. The van der Waals surface area contributed by atoms with Gasteiger partial charge in [-0.15, -0.1) is 0 Å². The maximum Gasteiger partial charge on any atom is 0.266 e. The molecule has 1 aromatic carbocycles. The van der Waals surface area contributed by atoms with E-state index >= 15 is 0 Å². The van der Waals surface area contributed by atoms with Gasteiger partial charge in [-0.05, 0) is 66.6 Å². The van der Waals surface area contributed by atoms with Crippen molar-refractivity contribution < 1.29 is 14.3 Å². The zero-order valence-corrected chi connectivity index (χ0v) is 17.9. The number of carbonyl (C=O) groups is 1. The Morgan fingerprint density at radius 1 is 1.42 bits per heavy atom. The molecule has 7 heteroatoms. The van der Waals surface area contributed by atoms with E-state index in [0.717, 1.165) is 21.3 Å². The van der Waals surface area contributed by atoms with Gasteiger partial charge in [0.25, 0.3) is 5.91 Å². The van der Waals surface area contributed by atoms with Crippen molar-refractivity contribution in [2.75, 3.05) is 13.7 Å². The van der Waals surface area contributed by atoms with Crippen LogP contribution in [0.25, 0.3) is 6.08 Å². The van der Waals surface area contributed by atoms with Crippen molar-refractivity contribution in [2.45, 2.75) is 33.3 Å². The molecule has 24 heavy (non-hydrogen) atoms. The van der Waals surface area contributed by atoms with Crippen LogP contribution in [0.5, 0.6) is 11.5 Å². The second kappa shape index (κ2) is 8.53. The molecule has 130 valence electrons. The number of thioether (sulfide) groups is 1. The van der Waals surface area contributed by atoms with E-state index < -0.39 is 0 Å².